The average Bonchev–Trinajstić information content (AvgIpc) is 2.72. The van der Waals surface area contributed by atoms with E-state index in [0.717, 1.165) is 0 Å². The molecule has 0 unspecified atom stereocenters. The molecule has 0 bridgehead atoms. The van der Waals surface area contributed by atoms with Gasteiger partial charge in [0.15, 0.2) is 0 Å². The second-order valence-corrected chi connectivity index (χ2v) is 8.11. The Bertz CT molecular complexity index is 990. The SMILES string of the molecule is FC(F)(F)C(F)(F)C(C1=C(C(C(F)(F)F)(C(F)(F)F)C(F)(F)C(F)(F)F)C(F)(F)C(F)(F)C1(F)F)(C(F)(F)F)C(F)(F)F. The van der Waals surface area contributed by atoms with Crippen molar-refractivity contribution in [3.05, 3.63) is 11.1 Å². The highest BCUT2D eigenvalue weighted by molar-refractivity contribution is 5.54. The van der Waals surface area contributed by atoms with Crippen LogP contribution in [-0.4, -0.2) is 66.7 Å². The summed E-state index contributed by atoms with van der Waals surface area (Å²) < 4.78 is 381. The van der Waals surface area contributed by atoms with Crippen molar-refractivity contribution < 1.29 is 123 Å². The van der Waals surface area contributed by atoms with Crippen LogP contribution >= 0.6 is 0 Å². The van der Waals surface area contributed by atoms with Crippen molar-refractivity contribution in [3.8, 4) is 0 Å². The predicted molar refractivity (Wildman–Crippen MR) is 73.0 cm³/mol. The first-order chi connectivity index (χ1) is 18.0. The highest BCUT2D eigenvalue weighted by Crippen LogP contribution is 2.80. The van der Waals surface area contributed by atoms with Crippen molar-refractivity contribution in [2.45, 2.75) is 66.7 Å². The molecule has 0 nitrogen and oxygen atoms in total. The van der Waals surface area contributed by atoms with E-state index in [1.54, 1.807) is 0 Å². The lowest BCUT2D eigenvalue weighted by Crippen LogP contribution is -2.71. The monoisotopic (exact) mass is 712 g/mol. The van der Waals surface area contributed by atoms with Gasteiger partial charge in [-0.2, -0.15) is 123 Å². The normalized spacial score (nSPS) is 21.5. The number of allylic oxidation sites excluding steroid dienone is 2. The fraction of sp³-hybridized carbons (Fsp3) is 0.867. The first-order valence-electron chi connectivity index (χ1n) is 9.04. The van der Waals surface area contributed by atoms with Crippen molar-refractivity contribution in [2.24, 2.45) is 10.8 Å². The van der Waals surface area contributed by atoms with Gasteiger partial charge in [0.1, 0.15) is 0 Å². The molecule has 256 valence electrons. The van der Waals surface area contributed by atoms with E-state index in [-0.39, 0.29) is 0 Å². The van der Waals surface area contributed by atoms with Crippen LogP contribution in [0.15, 0.2) is 11.1 Å². The second kappa shape index (κ2) is 8.95. The molecule has 0 aromatic rings. The fourth-order valence-corrected chi connectivity index (χ4v) is 4.01. The predicted octanol–water partition coefficient (Wildman–Crippen LogP) is 9.82. The Morgan fingerprint density at radius 2 is 0.442 bits per heavy atom. The zero-order valence-electron chi connectivity index (χ0n) is 18.1. The summed E-state index contributed by atoms with van der Waals surface area (Å²) in [6.07, 6.45) is -56.0. The highest BCUT2D eigenvalue weighted by Gasteiger charge is 3.02. The molecule has 1 aliphatic carbocycles. The van der Waals surface area contributed by atoms with Crippen LogP contribution < -0.4 is 0 Å². The lowest BCUT2D eigenvalue weighted by Gasteiger charge is -2.48. The first-order valence-corrected chi connectivity index (χ1v) is 9.04. The molecule has 0 saturated carbocycles. The number of hydrogen-bond acceptors (Lipinski definition) is 0. The van der Waals surface area contributed by atoms with Crippen molar-refractivity contribution in [3.63, 3.8) is 0 Å². The van der Waals surface area contributed by atoms with E-state index < -0.39 is 88.6 Å². The average molecular weight is 712 g/mol. The molecule has 0 aromatic carbocycles. The van der Waals surface area contributed by atoms with Gasteiger partial charge in [0.25, 0.3) is 10.8 Å². The Balaban J connectivity index is 5.44. The maximum absolute atomic E-state index is 14.3. The smallest absolute Gasteiger partial charge is 0.195 e. The van der Waals surface area contributed by atoms with Gasteiger partial charge < -0.3 is 0 Å². The van der Waals surface area contributed by atoms with Gasteiger partial charge in [0.2, 0.25) is 0 Å². The number of alkyl halides is 28. The van der Waals surface area contributed by atoms with Gasteiger partial charge in [0.05, 0.1) is 0 Å². The van der Waals surface area contributed by atoms with E-state index in [9.17, 15) is 123 Å². The zero-order chi connectivity index (χ0) is 35.7. The summed E-state index contributed by atoms with van der Waals surface area (Å²) in [6, 6.07) is 0. The Morgan fingerprint density at radius 3 is 0.558 bits per heavy atom. The van der Waals surface area contributed by atoms with Gasteiger partial charge in [0, 0.05) is 11.1 Å². The Hall–Kier alpha value is -2.22. The van der Waals surface area contributed by atoms with Crippen molar-refractivity contribution in [1.82, 2.24) is 0 Å². The molecule has 43 heavy (non-hydrogen) atoms. The summed E-state index contributed by atoms with van der Waals surface area (Å²) in [6.45, 7) is 0. The van der Waals surface area contributed by atoms with Crippen molar-refractivity contribution in [2.75, 3.05) is 0 Å². The Labute approximate surface area is 213 Å². The van der Waals surface area contributed by atoms with Crippen molar-refractivity contribution in [1.29, 1.82) is 0 Å². The van der Waals surface area contributed by atoms with Crippen LogP contribution in [0.5, 0.6) is 0 Å². The quantitative estimate of drug-likeness (QED) is 0.201. The van der Waals surface area contributed by atoms with Crippen LogP contribution in [0.2, 0.25) is 0 Å². The van der Waals surface area contributed by atoms with Gasteiger partial charge >= 0.3 is 66.7 Å². The molecule has 0 spiro atoms. The minimum absolute atomic E-state index is 7.20. The minimum atomic E-state index is -10.0. The molecule has 0 aliphatic heterocycles. The van der Waals surface area contributed by atoms with Gasteiger partial charge in [-0.15, -0.1) is 0 Å². The summed E-state index contributed by atoms with van der Waals surface area (Å²) in [7, 11) is 0. The van der Waals surface area contributed by atoms with E-state index in [2.05, 4.69) is 0 Å². The van der Waals surface area contributed by atoms with Gasteiger partial charge in [-0.05, 0) is 0 Å². The van der Waals surface area contributed by atoms with Crippen LogP contribution in [0.1, 0.15) is 0 Å². The van der Waals surface area contributed by atoms with Crippen molar-refractivity contribution >= 4 is 0 Å². The molecule has 0 amide bonds. The molecule has 0 atom stereocenters. The van der Waals surface area contributed by atoms with Crippen LogP contribution in [0.3, 0.4) is 0 Å². The lowest BCUT2D eigenvalue weighted by atomic mass is 9.63. The summed E-state index contributed by atoms with van der Waals surface area (Å²) in [5, 5.41) is 0. The molecule has 0 saturated heterocycles. The number of halogens is 28. The Morgan fingerprint density at radius 1 is 0.279 bits per heavy atom. The first kappa shape index (κ1) is 38.8. The van der Waals surface area contributed by atoms with Gasteiger partial charge in [-0.25, -0.2) is 0 Å². The van der Waals surface area contributed by atoms with E-state index in [1.807, 2.05) is 0 Å². The maximum Gasteiger partial charge on any atom is 0.455 e. The number of rotatable bonds is 4. The third-order valence-electron chi connectivity index (χ3n) is 5.77. The topological polar surface area (TPSA) is 0 Å². The largest absolute Gasteiger partial charge is 0.455 e. The van der Waals surface area contributed by atoms with E-state index in [1.165, 1.54) is 0 Å². The third kappa shape index (κ3) is 4.24. The molecular formula is C15F28. The highest BCUT2D eigenvalue weighted by atomic mass is 19.5. The third-order valence-corrected chi connectivity index (χ3v) is 5.77. The summed E-state index contributed by atoms with van der Waals surface area (Å²) >= 11 is 0. The molecule has 0 fully saturated rings. The molecule has 28 heteroatoms. The van der Waals surface area contributed by atoms with Crippen LogP contribution in [0, 0.1) is 10.8 Å². The Kier molecular flexibility index (Phi) is 8.07. The standard InChI is InChI=1S/C15F28/c16-5(17)1(3(10(26,27)28,11(29,30)31)7(20,21)14(38,39)40)2(6(18,19)9(5,24)25)4(12(32,33)34,13(35,36)37)8(22,23)15(41,42)43. The summed E-state index contributed by atoms with van der Waals surface area (Å²) in [5.74, 6) is -46.9. The summed E-state index contributed by atoms with van der Waals surface area (Å²) in [5.41, 5.74) is -34.4. The van der Waals surface area contributed by atoms with E-state index in [4.69, 9.17) is 0 Å². The fourth-order valence-electron chi connectivity index (χ4n) is 4.01. The molecule has 1 rings (SSSR count). The lowest BCUT2D eigenvalue weighted by molar-refractivity contribution is -0.446. The number of hydrogen-bond donors (Lipinski definition) is 0. The maximum atomic E-state index is 14.3. The molecular weight excluding hydrogens is 712 g/mol. The summed E-state index contributed by atoms with van der Waals surface area (Å²) in [4.78, 5) is 0. The van der Waals surface area contributed by atoms with Crippen LogP contribution in [0.4, 0.5) is 123 Å². The zero-order valence-corrected chi connectivity index (χ0v) is 18.1. The molecule has 0 heterocycles. The molecule has 0 radical (unpaired) electrons. The van der Waals surface area contributed by atoms with Gasteiger partial charge in [-0.1, -0.05) is 0 Å². The minimum Gasteiger partial charge on any atom is -0.195 e. The van der Waals surface area contributed by atoms with Crippen LogP contribution in [0.25, 0.3) is 0 Å². The molecule has 0 N–H and O–H groups in total. The second-order valence-electron chi connectivity index (χ2n) is 8.11. The van der Waals surface area contributed by atoms with Gasteiger partial charge in [-0.3, -0.25) is 0 Å². The van der Waals surface area contributed by atoms with E-state index in [0.29, 0.717) is 0 Å². The molecule has 1 aliphatic rings. The van der Waals surface area contributed by atoms with E-state index >= 15 is 0 Å². The molecule has 0 aromatic heterocycles. The van der Waals surface area contributed by atoms with Crippen LogP contribution in [-0.2, 0) is 0 Å².